The van der Waals surface area contributed by atoms with Crippen LogP contribution in [0.5, 0.6) is 0 Å². The number of nitrogens with one attached hydrogen (secondary N) is 1. The van der Waals surface area contributed by atoms with Gasteiger partial charge in [0.05, 0.1) is 0 Å². The van der Waals surface area contributed by atoms with Gasteiger partial charge in [-0.15, -0.1) is 24.8 Å². The normalized spacial score (nSPS) is 22.1. The first-order valence-corrected chi connectivity index (χ1v) is 11.3. The third kappa shape index (κ3) is 6.19. The summed E-state index contributed by atoms with van der Waals surface area (Å²) in [5, 5.41) is 14.5. The van der Waals surface area contributed by atoms with Gasteiger partial charge in [0.2, 0.25) is 5.92 Å². The Morgan fingerprint density at radius 3 is 2.26 bits per heavy atom. The summed E-state index contributed by atoms with van der Waals surface area (Å²) in [6.07, 6.45) is 0.779. The van der Waals surface area contributed by atoms with E-state index in [0.717, 1.165) is 43.7 Å². The number of nitrogens with zero attached hydrogens (tertiary/aromatic N) is 1. The van der Waals surface area contributed by atoms with Gasteiger partial charge in [0.1, 0.15) is 0 Å². The number of amides is 1. The van der Waals surface area contributed by atoms with Gasteiger partial charge < -0.3 is 16.2 Å². The molecule has 4 rings (SSSR count). The van der Waals surface area contributed by atoms with Gasteiger partial charge in [-0.3, -0.25) is 9.69 Å². The van der Waals surface area contributed by atoms with Crippen molar-refractivity contribution in [2.75, 3.05) is 18.8 Å². The van der Waals surface area contributed by atoms with E-state index in [4.69, 9.17) is 5.73 Å². The van der Waals surface area contributed by atoms with Crippen LogP contribution in [0.15, 0.2) is 54.6 Å². The molecule has 1 amide bonds. The number of anilines is 1. The van der Waals surface area contributed by atoms with Gasteiger partial charge in [0.15, 0.2) is 5.60 Å². The minimum Gasteiger partial charge on any atom is -0.398 e. The number of para-hydroxylation sites is 1. The highest BCUT2D eigenvalue weighted by Crippen LogP contribution is 2.47. The molecular weight excluding hydrogens is 483 g/mol. The number of piperidine rings is 1. The molecule has 1 heterocycles. The number of hydrogen-bond acceptors (Lipinski definition) is 4. The van der Waals surface area contributed by atoms with E-state index in [1.54, 1.807) is 30.3 Å². The monoisotopic (exact) mass is 515 g/mol. The van der Waals surface area contributed by atoms with E-state index in [1.807, 2.05) is 24.3 Å². The summed E-state index contributed by atoms with van der Waals surface area (Å²) < 4.78 is 27.9. The third-order valence-corrected chi connectivity index (χ3v) is 6.93. The Morgan fingerprint density at radius 2 is 1.68 bits per heavy atom. The van der Waals surface area contributed by atoms with Crippen molar-refractivity contribution in [1.29, 1.82) is 0 Å². The molecule has 1 saturated carbocycles. The number of carbonyl (C=O) groups excluding carboxylic acids is 1. The molecule has 0 aromatic heterocycles. The van der Waals surface area contributed by atoms with Crippen molar-refractivity contribution in [3.05, 3.63) is 65.7 Å². The first kappa shape index (κ1) is 28.3. The number of alkyl halides is 2. The molecule has 4 N–H and O–H groups in total. The number of carbonyl (C=O) groups is 1. The van der Waals surface area contributed by atoms with Gasteiger partial charge in [0, 0.05) is 50.1 Å². The highest BCUT2D eigenvalue weighted by Gasteiger charge is 2.53. The Hall–Kier alpha value is -1.93. The SMILES string of the molecule is Cl.Cl.Nc1ccccc1CN1CCC(NC(=O)C(O)(c2ccccc2)[C@@H]2CCC(F)(F)C2)CC1. The Labute approximate surface area is 211 Å². The van der Waals surface area contributed by atoms with Crippen LogP contribution in [0.4, 0.5) is 14.5 Å². The summed E-state index contributed by atoms with van der Waals surface area (Å²) in [4.78, 5) is 15.6. The summed E-state index contributed by atoms with van der Waals surface area (Å²) in [5.41, 5.74) is 6.31. The van der Waals surface area contributed by atoms with Gasteiger partial charge in [0.25, 0.3) is 5.91 Å². The maximum Gasteiger partial charge on any atom is 0.257 e. The molecule has 1 aliphatic heterocycles. The molecule has 1 aliphatic carbocycles. The number of halogens is 4. The fraction of sp³-hybridized carbons (Fsp3) is 0.480. The first-order chi connectivity index (χ1) is 15.3. The first-order valence-electron chi connectivity index (χ1n) is 11.3. The maximum absolute atomic E-state index is 14.0. The zero-order chi connectivity index (χ0) is 22.8. The summed E-state index contributed by atoms with van der Waals surface area (Å²) in [5.74, 6) is -4.24. The largest absolute Gasteiger partial charge is 0.398 e. The molecule has 1 saturated heterocycles. The van der Waals surface area contributed by atoms with Gasteiger partial charge in [-0.25, -0.2) is 8.78 Å². The number of hydrogen-bond donors (Lipinski definition) is 3. The average Bonchev–Trinajstić information content (AvgIpc) is 3.16. The molecule has 2 aromatic carbocycles. The van der Waals surface area contributed by atoms with E-state index >= 15 is 0 Å². The Morgan fingerprint density at radius 1 is 1.06 bits per heavy atom. The molecule has 9 heteroatoms. The molecule has 0 radical (unpaired) electrons. The molecule has 188 valence electrons. The van der Waals surface area contributed by atoms with E-state index < -0.39 is 29.8 Å². The van der Waals surface area contributed by atoms with Crippen molar-refractivity contribution in [1.82, 2.24) is 10.2 Å². The van der Waals surface area contributed by atoms with Crippen LogP contribution in [0, 0.1) is 5.92 Å². The number of rotatable bonds is 6. The lowest BCUT2D eigenvalue weighted by atomic mass is 9.79. The van der Waals surface area contributed by atoms with Crippen molar-refractivity contribution >= 4 is 36.4 Å². The summed E-state index contributed by atoms with van der Waals surface area (Å²) in [7, 11) is 0. The molecule has 2 atom stereocenters. The van der Waals surface area contributed by atoms with Gasteiger partial charge >= 0.3 is 0 Å². The Balaban J connectivity index is 0.00000204. The molecule has 0 spiro atoms. The molecule has 0 bridgehead atoms. The topological polar surface area (TPSA) is 78.6 Å². The molecule has 34 heavy (non-hydrogen) atoms. The fourth-order valence-electron chi connectivity index (χ4n) is 5.00. The number of aliphatic hydroxyl groups is 1. The molecule has 2 aliphatic rings. The van der Waals surface area contributed by atoms with Crippen molar-refractivity contribution < 1.29 is 18.7 Å². The van der Waals surface area contributed by atoms with Gasteiger partial charge in [-0.05, 0) is 36.5 Å². The average molecular weight is 516 g/mol. The Kier molecular flexibility index (Phi) is 9.71. The van der Waals surface area contributed by atoms with Gasteiger partial charge in [-0.1, -0.05) is 48.5 Å². The molecule has 5 nitrogen and oxygen atoms in total. The second kappa shape index (κ2) is 11.7. The van der Waals surface area contributed by atoms with Crippen LogP contribution in [0.3, 0.4) is 0 Å². The highest BCUT2D eigenvalue weighted by molar-refractivity contribution is 5.87. The quantitative estimate of drug-likeness (QED) is 0.494. The minimum absolute atomic E-state index is 0. The van der Waals surface area contributed by atoms with E-state index in [-0.39, 0.29) is 43.7 Å². The number of likely N-dealkylation sites (tertiary alicyclic amines) is 1. The maximum atomic E-state index is 14.0. The second-order valence-corrected chi connectivity index (χ2v) is 9.15. The van der Waals surface area contributed by atoms with Crippen LogP contribution in [-0.2, 0) is 16.9 Å². The summed E-state index contributed by atoms with van der Waals surface area (Å²) in [6, 6.07) is 16.2. The third-order valence-electron chi connectivity index (χ3n) is 6.93. The van der Waals surface area contributed by atoms with Crippen LogP contribution < -0.4 is 11.1 Å². The van der Waals surface area contributed by atoms with E-state index in [9.17, 15) is 18.7 Å². The standard InChI is InChI=1S/C25H31F2N3O2.2ClH/c26-24(27)13-10-20(16-24)25(32,19-7-2-1-3-8-19)23(31)29-21-11-14-30(15-12-21)17-18-6-4-5-9-22(18)28;;/h1-9,20-21,32H,10-17,28H2,(H,29,31);2*1H/t20-,25?;;/m1../s1. The van der Waals surface area contributed by atoms with Crippen molar-refractivity contribution in [3.8, 4) is 0 Å². The van der Waals surface area contributed by atoms with E-state index in [1.165, 1.54) is 0 Å². The zero-order valence-electron chi connectivity index (χ0n) is 19.0. The zero-order valence-corrected chi connectivity index (χ0v) is 20.6. The lowest BCUT2D eigenvalue weighted by Crippen LogP contribution is -2.54. The van der Waals surface area contributed by atoms with Crippen molar-refractivity contribution in [2.24, 2.45) is 5.92 Å². The summed E-state index contributed by atoms with van der Waals surface area (Å²) in [6.45, 7) is 2.31. The number of benzene rings is 2. The Bertz CT molecular complexity index is 943. The second-order valence-electron chi connectivity index (χ2n) is 9.15. The predicted octanol–water partition coefficient (Wildman–Crippen LogP) is 4.52. The van der Waals surface area contributed by atoms with Crippen molar-refractivity contribution in [3.63, 3.8) is 0 Å². The van der Waals surface area contributed by atoms with E-state index in [0.29, 0.717) is 5.56 Å². The highest BCUT2D eigenvalue weighted by atomic mass is 35.5. The van der Waals surface area contributed by atoms with Crippen LogP contribution in [0.1, 0.15) is 43.2 Å². The van der Waals surface area contributed by atoms with E-state index in [2.05, 4.69) is 10.2 Å². The number of nitrogen functional groups attached to an aromatic ring is 1. The lowest BCUT2D eigenvalue weighted by molar-refractivity contribution is -0.149. The molecule has 2 fully saturated rings. The lowest BCUT2D eigenvalue weighted by Gasteiger charge is -2.37. The van der Waals surface area contributed by atoms with Crippen LogP contribution in [0.25, 0.3) is 0 Å². The van der Waals surface area contributed by atoms with Crippen LogP contribution in [-0.4, -0.2) is 41.0 Å². The van der Waals surface area contributed by atoms with Crippen LogP contribution >= 0.6 is 24.8 Å². The van der Waals surface area contributed by atoms with Crippen LogP contribution in [0.2, 0.25) is 0 Å². The number of nitrogens with two attached hydrogens (primary N) is 1. The van der Waals surface area contributed by atoms with Gasteiger partial charge in [-0.2, -0.15) is 0 Å². The molecular formula is C25H33Cl2F2N3O2. The smallest absolute Gasteiger partial charge is 0.257 e. The summed E-state index contributed by atoms with van der Waals surface area (Å²) >= 11 is 0. The molecule has 2 aromatic rings. The van der Waals surface area contributed by atoms with Crippen molar-refractivity contribution in [2.45, 2.75) is 56.2 Å². The fourth-order valence-corrected chi connectivity index (χ4v) is 5.00. The predicted molar refractivity (Wildman–Crippen MR) is 134 cm³/mol. The minimum atomic E-state index is -2.85. The molecule has 1 unspecified atom stereocenters.